The lowest BCUT2D eigenvalue weighted by Crippen LogP contribution is -2.65. The van der Waals surface area contributed by atoms with Crippen LogP contribution in [0.3, 0.4) is 0 Å². The van der Waals surface area contributed by atoms with Crippen LogP contribution in [0.25, 0.3) is 0 Å². The molecule has 12 nitrogen and oxygen atoms in total. The van der Waals surface area contributed by atoms with Gasteiger partial charge in [0.25, 0.3) is 5.91 Å². The van der Waals surface area contributed by atoms with E-state index in [0.717, 1.165) is 43.2 Å². The summed E-state index contributed by atoms with van der Waals surface area (Å²) in [5.74, 6) is -2.55. The standard InChI is InChI=1S/C44H61N5O7/c1-42(2,3)37(40(53)49-25-31-34(43(31,4)5)35(49)39(52)46-32(23-29-19-20-29)36(50)38(45)51)47-41(54)48-44(21-13-8-14-22-44)33(24-28-15-9-6-10-16-28)56-27-55-26-30-17-11-7-12-18-30/h6-7,9-12,15-18,29,31-35,37H,8,13-14,19-27H2,1-5H3,(H2,45,51)(H,46,52)(H2,47,48,54)/t31-,32?,33?,34-,35-,37+/m0/s1. The highest BCUT2D eigenvalue weighted by atomic mass is 16.7. The van der Waals surface area contributed by atoms with Gasteiger partial charge in [-0.25, -0.2) is 4.79 Å². The van der Waals surface area contributed by atoms with E-state index in [4.69, 9.17) is 15.2 Å². The first-order valence-corrected chi connectivity index (χ1v) is 20.4. The topological polar surface area (TPSA) is 169 Å². The number of nitrogens with two attached hydrogens (primary N) is 1. The van der Waals surface area contributed by atoms with Crippen molar-refractivity contribution in [2.75, 3.05) is 13.3 Å². The Morgan fingerprint density at radius 3 is 2.11 bits per heavy atom. The van der Waals surface area contributed by atoms with Crippen LogP contribution < -0.4 is 21.7 Å². The summed E-state index contributed by atoms with van der Waals surface area (Å²) in [5.41, 5.74) is 5.84. The molecule has 1 aliphatic heterocycles. The third-order valence-electron chi connectivity index (χ3n) is 12.7. The van der Waals surface area contributed by atoms with Crippen LogP contribution in [-0.2, 0) is 41.7 Å². The summed E-state index contributed by atoms with van der Waals surface area (Å²) in [4.78, 5) is 69.4. The summed E-state index contributed by atoms with van der Waals surface area (Å²) in [6.45, 7) is 10.6. The van der Waals surface area contributed by atoms with Crippen molar-refractivity contribution < 1.29 is 33.4 Å². The average Bonchev–Trinajstić information content (AvgIpc) is 4.02. The minimum absolute atomic E-state index is 0.0458. The highest BCUT2D eigenvalue weighted by Gasteiger charge is 2.70. The molecule has 6 atom stereocenters. The molecule has 2 aromatic carbocycles. The average molecular weight is 772 g/mol. The van der Waals surface area contributed by atoms with E-state index in [9.17, 15) is 24.0 Å². The molecule has 2 unspecified atom stereocenters. The van der Waals surface area contributed by atoms with Crippen molar-refractivity contribution in [1.29, 1.82) is 0 Å². The van der Waals surface area contributed by atoms with Crippen molar-refractivity contribution in [3.63, 3.8) is 0 Å². The number of benzene rings is 2. The summed E-state index contributed by atoms with van der Waals surface area (Å²) >= 11 is 0. The van der Waals surface area contributed by atoms with Gasteiger partial charge in [0.15, 0.2) is 0 Å². The normalized spacial score (nSPS) is 23.9. The number of nitrogens with one attached hydrogen (secondary N) is 3. The number of nitrogens with zero attached hydrogens (tertiary/aromatic N) is 1. The van der Waals surface area contributed by atoms with Crippen LogP contribution in [-0.4, -0.2) is 77.5 Å². The van der Waals surface area contributed by atoms with Gasteiger partial charge in [0.1, 0.15) is 18.9 Å². The Hall–Kier alpha value is -4.29. The number of piperidine rings is 1. The number of hydrogen-bond donors (Lipinski definition) is 4. The summed E-state index contributed by atoms with van der Waals surface area (Å²) in [6.07, 6.45) is 6.58. The molecule has 4 aliphatic rings. The minimum atomic E-state index is -1.09. The maximum atomic E-state index is 14.7. The lowest BCUT2D eigenvalue weighted by molar-refractivity contribution is -0.145. The molecule has 0 aromatic heterocycles. The number of amides is 5. The van der Waals surface area contributed by atoms with Crippen molar-refractivity contribution in [2.24, 2.45) is 34.3 Å². The number of likely N-dealkylation sites (tertiary alicyclic amines) is 1. The Kier molecular flexibility index (Phi) is 12.6. The SMILES string of the molecule is CC(C)(C)[C@H](NC(=O)NC1(C(Cc2ccccc2)OCOCc2ccccc2)CCCCC1)C(=O)N1C[C@H]2[C@@H]([C@H]1C(=O)NC(CC1CC1)C(=O)C(N)=O)C2(C)C. The van der Waals surface area contributed by atoms with E-state index in [0.29, 0.717) is 38.8 Å². The van der Waals surface area contributed by atoms with E-state index in [1.165, 1.54) is 0 Å². The van der Waals surface area contributed by atoms with Crippen LogP contribution in [0.5, 0.6) is 0 Å². The quantitative estimate of drug-likeness (QED) is 0.0994. The highest BCUT2D eigenvalue weighted by Crippen LogP contribution is 2.65. The number of Topliss-reactive ketones (excluding diaryl/α,β-unsaturated/α-hetero) is 1. The maximum absolute atomic E-state index is 14.7. The van der Waals surface area contributed by atoms with Crippen molar-refractivity contribution in [3.8, 4) is 0 Å². The van der Waals surface area contributed by atoms with E-state index >= 15 is 0 Å². The van der Waals surface area contributed by atoms with Crippen LogP contribution in [0.1, 0.15) is 97.1 Å². The fourth-order valence-electron chi connectivity index (χ4n) is 9.18. The largest absolute Gasteiger partial charge is 0.363 e. The van der Waals surface area contributed by atoms with Gasteiger partial charge in [0, 0.05) is 13.0 Å². The predicted molar refractivity (Wildman–Crippen MR) is 212 cm³/mol. The van der Waals surface area contributed by atoms with Crippen molar-refractivity contribution >= 4 is 29.5 Å². The fourth-order valence-corrected chi connectivity index (χ4v) is 9.18. The lowest BCUT2D eigenvalue weighted by Gasteiger charge is -2.45. The van der Waals surface area contributed by atoms with Gasteiger partial charge in [-0.2, -0.15) is 0 Å². The lowest BCUT2D eigenvalue weighted by atomic mass is 9.75. The van der Waals surface area contributed by atoms with E-state index < -0.39 is 58.8 Å². The van der Waals surface area contributed by atoms with Gasteiger partial charge in [0.05, 0.1) is 24.3 Å². The van der Waals surface area contributed by atoms with Crippen molar-refractivity contribution in [2.45, 2.75) is 129 Å². The number of fused-ring (bicyclic) bond motifs is 1. The summed E-state index contributed by atoms with van der Waals surface area (Å²) in [5, 5.41) is 9.22. The Morgan fingerprint density at radius 1 is 0.893 bits per heavy atom. The zero-order valence-electron chi connectivity index (χ0n) is 33.7. The van der Waals surface area contributed by atoms with Gasteiger partial charge < -0.3 is 36.1 Å². The van der Waals surface area contributed by atoms with Gasteiger partial charge in [0.2, 0.25) is 17.6 Å². The molecule has 304 valence electrons. The number of carbonyl (C=O) groups excluding carboxylic acids is 5. The first kappa shape index (κ1) is 41.3. The second-order valence-corrected chi connectivity index (χ2v) is 18.3. The molecule has 12 heteroatoms. The maximum Gasteiger partial charge on any atom is 0.315 e. The van der Waals surface area contributed by atoms with E-state index in [1.807, 2.05) is 69.3 Å². The smallest absolute Gasteiger partial charge is 0.315 e. The zero-order chi connectivity index (χ0) is 40.3. The monoisotopic (exact) mass is 771 g/mol. The van der Waals surface area contributed by atoms with Gasteiger partial charge in [-0.1, -0.05) is 127 Å². The molecule has 56 heavy (non-hydrogen) atoms. The number of ether oxygens (including phenoxy) is 2. The van der Waals surface area contributed by atoms with Crippen LogP contribution in [0.2, 0.25) is 0 Å². The number of primary amides is 1. The molecule has 6 rings (SSSR count). The molecule has 2 aromatic rings. The second kappa shape index (κ2) is 17.1. The summed E-state index contributed by atoms with van der Waals surface area (Å²) in [6, 6.07) is 16.6. The molecular formula is C44H61N5O7. The Balaban J connectivity index is 1.19. The molecule has 3 aliphatic carbocycles. The Labute approximate surface area is 331 Å². The van der Waals surface area contributed by atoms with E-state index in [1.54, 1.807) is 4.90 Å². The number of rotatable bonds is 17. The van der Waals surface area contributed by atoms with E-state index in [2.05, 4.69) is 41.9 Å². The molecule has 4 fully saturated rings. The van der Waals surface area contributed by atoms with Crippen molar-refractivity contribution in [1.82, 2.24) is 20.9 Å². The predicted octanol–water partition coefficient (Wildman–Crippen LogP) is 5.03. The summed E-state index contributed by atoms with van der Waals surface area (Å²) < 4.78 is 12.5. The molecule has 1 saturated heterocycles. The molecule has 1 heterocycles. The third kappa shape index (κ3) is 9.62. The molecular weight excluding hydrogens is 711 g/mol. The van der Waals surface area contributed by atoms with Crippen LogP contribution >= 0.6 is 0 Å². The van der Waals surface area contributed by atoms with Gasteiger partial charge in [-0.3, -0.25) is 19.2 Å². The third-order valence-corrected chi connectivity index (χ3v) is 12.7. The number of ketones is 1. The fraction of sp³-hybridized carbons (Fsp3) is 0.614. The first-order chi connectivity index (χ1) is 26.6. The molecule has 0 spiro atoms. The summed E-state index contributed by atoms with van der Waals surface area (Å²) in [7, 11) is 0. The van der Waals surface area contributed by atoms with Crippen LogP contribution in [0.15, 0.2) is 60.7 Å². The highest BCUT2D eigenvalue weighted by molar-refractivity contribution is 6.37. The molecule has 5 amide bonds. The van der Waals surface area contributed by atoms with Crippen LogP contribution in [0, 0.1) is 28.6 Å². The minimum Gasteiger partial charge on any atom is -0.363 e. The van der Waals surface area contributed by atoms with Gasteiger partial charge in [-0.15, -0.1) is 0 Å². The van der Waals surface area contributed by atoms with Gasteiger partial charge in [-0.05, 0) is 59.0 Å². The molecule has 5 N–H and O–H groups in total. The number of urea groups is 1. The number of hydrogen-bond acceptors (Lipinski definition) is 7. The van der Waals surface area contributed by atoms with Gasteiger partial charge >= 0.3 is 6.03 Å². The Morgan fingerprint density at radius 2 is 1.52 bits per heavy atom. The molecule has 3 saturated carbocycles. The van der Waals surface area contributed by atoms with E-state index in [-0.39, 0.29) is 35.9 Å². The van der Waals surface area contributed by atoms with Crippen LogP contribution in [0.4, 0.5) is 4.79 Å². The molecule has 0 bridgehead atoms. The zero-order valence-corrected chi connectivity index (χ0v) is 33.7. The Bertz CT molecular complexity index is 1720. The van der Waals surface area contributed by atoms with Crippen molar-refractivity contribution in [3.05, 3.63) is 71.8 Å². The number of carbonyl (C=O) groups is 5. The molecule has 0 radical (unpaired) electrons. The first-order valence-electron chi connectivity index (χ1n) is 20.4. The second-order valence-electron chi connectivity index (χ2n) is 18.3.